The van der Waals surface area contributed by atoms with Crippen molar-refractivity contribution in [1.29, 1.82) is 0 Å². The first-order valence-electron chi connectivity index (χ1n) is 5.10. The van der Waals surface area contributed by atoms with Crippen molar-refractivity contribution in [1.82, 2.24) is 5.32 Å². The zero-order valence-corrected chi connectivity index (χ0v) is 9.31. The highest BCUT2D eigenvalue weighted by atomic mass is 16.4. The second-order valence-corrected chi connectivity index (χ2v) is 3.85. The van der Waals surface area contributed by atoms with Crippen LogP contribution in [0.4, 0.5) is 0 Å². The molecule has 2 N–H and O–H groups in total. The van der Waals surface area contributed by atoms with Crippen molar-refractivity contribution in [2.75, 3.05) is 0 Å². The number of rotatable bonds is 4. The van der Waals surface area contributed by atoms with Crippen LogP contribution >= 0.6 is 0 Å². The summed E-state index contributed by atoms with van der Waals surface area (Å²) in [5.41, 5.74) is 0.573. The van der Waals surface area contributed by atoms with Crippen LogP contribution in [0, 0.1) is 5.92 Å². The van der Waals surface area contributed by atoms with Crippen molar-refractivity contribution in [2.45, 2.75) is 19.9 Å². The van der Waals surface area contributed by atoms with Crippen molar-refractivity contribution in [3.8, 4) is 0 Å². The molecular weight excluding hydrogens is 206 g/mol. The molecule has 1 aromatic carbocycles. The monoisotopic (exact) mass is 221 g/mol. The van der Waals surface area contributed by atoms with Gasteiger partial charge in [-0.1, -0.05) is 44.2 Å². The molecule has 0 bridgehead atoms. The molecule has 0 fully saturated rings. The van der Waals surface area contributed by atoms with E-state index in [-0.39, 0.29) is 11.8 Å². The lowest BCUT2D eigenvalue weighted by molar-refractivity contribution is -0.142. The lowest BCUT2D eigenvalue weighted by atomic mass is 10.1. The topological polar surface area (TPSA) is 66.4 Å². The Morgan fingerprint density at radius 1 is 1.19 bits per heavy atom. The summed E-state index contributed by atoms with van der Waals surface area (Å²) in [4.78, 5) is 22.5. The van der Waals surface area contributed by atoms with E-state index in [0.29, 0.717) is 5.56 Å². The van der Waals surface area contributed by atoms with E-state index in [0.717, 1.165) is 0 Å². The summed E-state index contributed by atoms with van der Waals surface area (Å²) in [5, 5.41) is 11.5. The second kappa shape index (κ2) is 5.30. The molecule has 0 aromatic heterocycles. The van der Waals surface area contributed by atoms with Crippen molar-refractivity contribution < 1.29 is 14.7 Å². The van der Waals surface area contributed by atoms with Crippen molar-refractivity contribution >= 4 is 11.9 Å². The van der Waals surface area contributed by atoms with E-state index in [9.17, 15) is 9.59 Å². The van der Waals surface area contributed by atoms with E-state index in [4.69, 9.17) is 5.11 Å². The molecule has 0 saturated carbocycles. The van der Waals surface area contributed by atoms with Gasteiger partial charge in [0.25, 0.3) is 0 Å². The number of carbonyl (C=O) groups excluding carboxylic acids is 1. The Morgan fingerprint density at radius 3 is 2.19 bits per heavy atom. The van der Waals surface area contributed by atoms with Crippen molar-refractivity contribution in [3.63, 3.8) is 0 Å². The van der Waals surface area contributed by atoms with Gasteiger partial charge in [-0.3, -0.25) is 4.79 Å². The molecule has 0 spiro atoms. The Kier molecular flexibility index (Phi) is 4.05. The highest BCUT2D eigenvalue weighted by Gasteiger charge is 2.22. The van der Waals surface area contributed by atoms with Gasteiger partial charge in [-0.05, 0) is 5.56 Å². The van der Waals surface area contributed by atoms with E-state index in [2.05, 4.69) is 5.32 Å². The van der Waals surface area contributed by atoms with Crippen LogP contribution in [0.3, 0.4) is 0 Å². The van der Waals surface area contributed by atoms with Gasteiger partial charge < -0.3 is 10.4 Å². The van der Waals surface area contributed by atoms with E-state index in [1.807, 2.05) is 0 Å². The van der Waals surface area contributed by atoms with Crippen LogP contribution in [0.2, 0.25) is 0 Å². The van der Waals surface area contributed by atoms with E-state index < -0.39 is 12.0 Å². The largest absolute Gasteiger partial charge is 0.479 e. The number of carboxylic acid groups (broad SMARTS) is 1. The standard InChI is InChI=1S/C12H15NO3/c1-8(2)11(14)13-10(12(15)16)9-6-4-3-5-7-9/h3-8,10H,1-2H3,(H,13,14)(H,15,16)/t10-/m1/s1. The molecular formula is C12H15NO3. The smallest absolute Gasteiger partial charge is 0.330 e. The van der Waals surface area contributed by atoms with E-state index >= 15 is 0 Å². The molecule has 1 amide bonds. The van der Waals surface area contributed by atoms with Gasteiger partial charge in [0, 0.05) is 5.92 Å². The zero-order chi connectivity index (χ0) is 12.1. The van der Waals surface area contributed by atoms with E-state index in [1.54, 1.807) is 44.2 Å². The molecule has 16 heavy (non-hydrogen) atoms. The van der Waals surface area contributed by atoms with Crippen LogP contribution in [-0.4, -0.2) is 17.0 Å². The number of carboxylic acids is 1. The van der Waals surface area contributed by atoms with Crippen LogP contribution < -0.4 is 5.32 Å². The van der Waals surface area contributed by atoms with Gasteiger partial charge in [0.05, 0.1) is 0 Å². The molecule has 1 aromatic rings. The van der Waals surface area contributed by atoms with Crippen LogP contribution in [0.5, 0.6) is 0 Å². The Balaban J connectivity index is 2.85. The van der Waals surface area contributed by atoms with Crippen LogP contribution in [-0.2, 0) is 9.59 Å². The molecule has 0 aliphatic carbocycles. The minimum atomic E-state index is -1.06. The summed E-state index contributed by atoms with van der Waals surface area (Å²) < 4.78 is 0. The summed E-state index contributed by atoms with van der Waals surface area (Å²) in [6.07, 6.45) is 0. The molecule has 0 heterocycles. The summed E-state index contributed by atoms with van der Waals surface area (Å²) in [5.74, 6) is -1.55. The van der Waals surface area contributed by atoms with Gasteiger partial charge in [0.1, 0.15) is 0 Å². The van der Waals surface area contributed by atoms with Gasteiger partial charge in [-0.15, -0.1) is 0 Å². The fourth-order valence-corrected chi connectivity index (χ4v) is 1.24. The molecule has 0 radical (unpaired) electrons. The number of nitrogens with one attached hydrogen (secondary N) is 1. The number of carbonyl (C=O) groups is 2. The maximum Gasteiger partial charge on any atom is 0.330 e. The quantitative estimate of drug-likeness (QED) is 0.811. The van der Waals surface area contributed by atoms with E-state index in [1.165, 1.54) is 0 Å². The zero-order valence-electron chi connectivity index (χ0n) is 9.31. The Bertz CT molecular complexity index is 373. The first-order valence-corrected chi connectivity index (χ1v) is 5.10. The number of aliphatic carboxylic acids is 1. The average molecular weight is 221 g/mol. The maximum absolute atomic E-state index is 11.5. The number of amides is 1. The molecule has 0 saturated heterocycles. The van der Waals surface area contributed by atoms with Gasteiger partial charge >= 0.3 is 5.97 Å². The third kappa shape index (κ3) is 3.08. The Hall–Kier alpha value is -1.84. The van der Waals surface area contributed by atoms with Gasteiger partial charge in [-0.25, -0.2) is 4.79 Å². The summed E-state index contributed by atoms with van der Waals surface area (Å²) in [6.45, 7) is 3.44. The third-order valence-electron chi connectivity index (χ3n) is 2.19. The Morgan fingerprint density at radius 2 is 1.75 bits per heavy atom. The van der Waals surface area contributed by atoms with Gasteiger partial charge in [-0.2, -0.15) is 0 Å². The fraction of sp³-hybridized carbons (Fsp3) is 0.333. The third-order valence-corrected chi connectivity index (χ3v) is 2.19. The first-order chi connectivity index (χ1) is 7.52. The number of hydrogen-bond donors (Lipinski definition) is 2. The molecule has 1 atom stereocenters. The molecule has 4 heteroatoms. The van der Waals surface area contributed by atoms with Crippen LogP contribution in [0.25, 0.3) is 0 Å². The fourth-order valence-electron chi connectivity index (χ4n) is 1.24. The minimum absolute atomic E-state index is 0.231. The highest BCUT2D eigenvalue weighted by Crippen LogP contribution is 2.13. The molecule has 4 nitrogen and oxygen atoms in total. The summed E-state index contributed by atoms with van der Waals surface area (Å²) >= 11 is 0. The van der Waals surface area contributed by atoms with Crippen LogP contribution in [0.1, 0.15) is 25.5 Å². The first kappa shape index (κ1) is 12.2. The average Bonchev–Trinajstić information content (AvgIpc) is 2.26. The minimum Gasteiger partial charge on any atom is -0.479 e. The molecule has 0 aliphatic heterocycles. The summed E-state index contributed by atoms with van der Waals surface area (Å²) in [7, 11) is 0. The van der Waals surface area contributed by atoms with Crippen molar-refractivity contribution in [3.05, 3.63) is 35.9 Å². The number of hydrogen-bond acceptors (Lipinski definition) is 2. The van der Waals surface area contributed by atoms with Gasteiger partial charge in [0.15, 0.2) is 6.04 Å². The second-order valence-electron chi connectivity index (χ2n) is 3.85. The summed E-state index contributed by atoms with van der Waals surface area (Å²) in [6, 6.07) is 7.67. The normalized spacial score (nSPS) is 12.2. The highest BCUT2D eigenvalue weighted by molar-refractivity contribution is 5.85. The molecule has 86 valence electrons. The van der Waals surface area contributed by atoms with Crippen molar-refractivity contribution in [2.24, 2.45) is 5.92 Å². The molecule has 0 unspecified atom stereocenters. The predicted octanol–water partition coefficient (Wildman–Crippen LogP) is 1.58. The molecule has 1 rings (SSSR count). The van der Waals surface area contributed by atoms with Gasteiger partial charge in [0.2, 0.25) is 5.91 Å². The predicted molar refractivity (Wildman–Crippen MR) is 59.8 cm³/mol. The SMILES string of the molecule is CC(C)C(=O)N[C@@H](C(=O)O)c1ccccc1. The lowest BCUT2D eigenvalue weighted by Crippen LogP contribution is -2.36. The lowest BCUT2D eigenvalue weighted by Gasteiger charge is -2.16. The molecule has 0 aliphatic rings. The Labute approximate surface area is 94.3 Å². The number of benzene rings is 1. The van der Waals surface area contributed by atoms with Crippen LogP contribution in [0.15, 0.2) is 30.3 Å². The maximum atomic E-state index is 11.5.